The van der Waals surface area contributed by atoms with Crippen LogP contribution in [-0.4, -0.2) is 6.79 Å². The van der Waals surface area contributed by atoms with Gasteiger partial charge in [-0.25, -0.2) is 0 Å². The number of ether oxygens (including phenoxy) is 2. The van der Waals surface area contributed by atoms with Crippen LogP contribution in [0.2, 0.25) is 0 Å². The fourth-order valence-corrected chi connectivity index (χ4v) is 0.601. The molecule has 0 spiro atoms. The van der Waals surface area contributed by atoms with E-state index < -0.39 is 0 Å². The summed E-state index contributed by atoms with van der Waals surface area (Å²) in [5, 5.41) is 0. The van der Waals surface area contributed by atoms with E-state index >= 15 is 0 Å². The van der Waals surface area contributed by atoms with Crippen LogP contribution in [0.3, 0.4) is 0 Å². The lowest BCUT2D eigenvalue weighted by Crippen LogP contribution is -1.87. The average Bonchev–Trinajstić information content (AvgIpc) is 2.37. The standard InChI is InChI=1S/C7H10O2/c1-3-6(2)7-4-8-5-9-7/h4H,2-3,5H2,1H3. The van der Waals surface area contributed by atoms with Crippen molar-refractivity contribution in [1.82, 2.24) is 0 Å². The maximum Gasteiger partial charge on any atom is 0.230 e. The molecule has 0 aromatic rings. The summed E-state index contributed by atoms with van der Waals surface area (Å²) in [6, 6.07) is 0. The Morgan fingerprint density at radius 1 is 1.89 bits per heavy atom. The summed E-state index contributed by atoms with van der Waals surface area (Å²) in [6.07, 6.45) is 2.51. The van der Waals surface area contributed by atoms with Crippen LogP contribution in [0, 0.1) is 0 Å². The van der Waals surface area contributed by atoms with Crippen molar-refractivity contribution in [3.05, 3.63) is 24.2 Å². The molecule has 0 aliphatic carbocycles. The van der Waals surface area contributed by atoms with E-state index in [0.717, 1.165) is 17.8 Å². The van der Waals surface area contributed by atoms with Gasteiger partial charge in [0, 0.05) is 0 Å². The summed E-state index contributed by atoms with van der Waals surface area (Å²) < 4.78 is 9.88. The summed E-state index contributed by atoms with van der Waals surface area (Å²) in [7, 11) is 0. The molecule has 0 unspecified atom stereocenters. The molecular weight excluding hydrogens is 116 g/mol. The van der Waals surface area contributed by atoms with Crippen molar-refractivity contribution in [2.75, 3.05) is 6.79 Å². The van der Waals surface area contributed by atoms with Gasteiger partial charge in [-0.3, -0.25) is 0 Å². The van der Waals surface area contributed by atoms with Crippen LogP contribution in [0.4, 0.5) is 0 Å². The summed E-state index contributed by atoms with van der Waals surface area (Å²) in [6.45, 7) is 6.16. The van der Waals surface area contributed by atoms with Gasteiger partial charge in [-0.05, 0) is 12.0 Å². The van der Waals surface area contributed by atoms with Gasteiger partial charge in [-0.1, -0.05) is 13.5 Å². The van der Waals surface area contributed by atoms with Crippen molar-refractivity contribution in [2.45, 2.75) is 13.3 Å². The maximum atomic E-state index is 5.04. The summed E-state index contributed by atoms with van der Waals surface area (Å²) in [4.78, 5) is 0. The van der Waals surface area contributed by atoms with Crippen LogP contribution in [0.1, 0.15) is 13.3 Å². The molecule has 0 radical (unpaired) electrons. The van der Waals surface area contributed by atoms with Gasteiger partial charge in [0.25, 0.3) is 0 Å². The largest absolute Gasteiger partial charge is 0.461 e. The third-order valence-corrected chi connectivity index (χ3v) is 1.25. The van der Waals surface area contributed by atoms with Crippen LogP contribution in [0.25, 0.3) is 0 Å². The third kappa shape index (κ3) is 1.25. The second-order valence-corrected chi connectivity index (χ2v) is 1.87. The Hall–Kier alpha value is -0.920. The highest BCUT2D eigenvalue weighted by molar-refractivity contribution is 5.21. The van der Waals surface area contributed by atoms with Gasteiger partial charge < -0.3 is 9.47 Å². The second-order valence-electron chi connectivity index (χ2n) is 1.87. The molecule has 0 aromatic heterocycles. The minimum absolute atomic E-state index is 0.342. The molecule has 2 nitrogen and oxygen atoms in total. The molecule has 0 amide bonds. The van der Waals surface area contributed by atoms with Crippen LogP contribution < -0.4 is 0 Å². The van der Waals surface area contributed by atoms with Crippen molar-refractivity contribution in [1.29, 1.82) is 0 Å². The van der Waals surface area contributed by atoms with Crippen molar-refractivity contribution in [3.63, 3.8) is 0 Å². The van der Waals surface area contributed by atoms with Gasteiger partial charge in [-0.15, -0.1) is 0 Å². The van der Waals surface area contributed by atoms with E-state index in [1.54, 1.807) is 6.26 Å². The Kier molecular flexibility index (Phi) is 1.78. The summed E-state index contributed by atoms with van der Waals surface area (Å²) in [5.41, 5.74) is 0.993. The van der Waals surface area contributed by atoms with Gasteiger partial charge in [0.1, 0.15) is 6.26 Å². The van der Waals surface area contributed by atoms with Gasteiger partial charge in [0.2, 0.25) is 6.79 Å². The second kappa shape index (κ2) is 2.58. The molecule has 0 N–H and O–H groups in total. The molecule has 0 aromatic carbocycles. The third-order valence-electron chi connectivity index (χ3n) is 1.25. The fourth-order valence-electron chi connectivity index (χ4n) is 0.601. The van der Waals surface area contributed by atoms with E-state index in [0.29, 0.717) is 6.79 Å². The first kappa shape index (κ1) is 6.20. The van der Waals surface area contributed by atoms with E-state index in [4.69, 9.17) is 9.47 Å². The van der Waals surface area contributed by atoms with E-state index in [1.807, 2.05) is 6.92 Å². The molecule has 1 heterocycles. The smallest absolute Gasteiger partial charge is 0.230 e. The molecule has 1 aliphatic rings. The molecule has 0 saturated carbocycles. The van der Waals surface area contributed by atoms with Crippen LogP contribution in [0.5, 0.6) is 0 Å². The van der Waals surface area contributed by atoms with Crippen LogP contribution in [0.15, 0.2) is 24.2 Å². The van der Waals surface area contributed by atoms with Crippen LogP contribution >= 0.6 is 0 Å². The lowest BCUT2D eigenvalue weighted by molar-refractivity contribution is 0.0829. The lowest BCUT2D eigenvalue weighted by Gasteiger charge is -1.99. The Bertz CT molecular complexity index is 147. The van der Waals surface area contributed by atoms with Crippen molar-refractivity contribution in [3.8, 4) is 0 Å². The first-order valence-electron chi connectivity index (χ1n) is 2.97. The van der Waals surface area contributed by atoms with Gasteiger partial charge in [0.05, 0.1) is 0 Å². The number of allylic oxidation sites excluding steroid dienone is 1. The summed E-state index contributed by atoms with van der Waals surface area (Å²) >= 11 is 0. The SMILES string of the molecule is C=C(CC)C1=COCO1. The topological polar surface area (TPSA) is 18.5 Å². The Morgan fingerprint density at radius 3 is 3.11 bits per heavy atom. The normalized spacial score (nSPS) is 15.9. The molecular formula is C7H10O2. The molecule has 0 fully saturated rings. The van der Waals surface area contributed by atoms with E-state index in [1.165, 1.54) is 0 Å². The van der Waals surface area contributed by atoms with E-state index in [-0.39, 0.29) is 0 Å². The minimum Gasteiger partial charge on any atom is -0.461 e. The molecule has 0 bridgehead atoms. The zero-order valence-corrected chi connectivity index (χ0v) is 5.52. The van der Waals surface area contributed by atoms with Crippen LogP contribution in [-0.2, 0) is 9.47 Å². The Labute approximate surface area is 54.8 Å². The van der Waals surface area contributed by atoms with Gasteiger partial charge in [0.15, 0.2) is 5.76 Å². The first-order chi connectivity index (χ1) is 4.34. The van der Waals surface area contributed by atoms with Crippen molar-refractivity contribution in [2.24, 2.45) is 0 Å². The highest BCUT2D eigenvalue weighted by Crippen LogP contribution is 2.16. The fraction of sp³-hybridized carbons (Fsp3) is 0.429. The monoisotopic (exact) mass is 126 g/mol. The molecule has 1 rings (SSSR count). The molecule has 1 aliphatic heterocycles. The highest BCUT2D eigenvalue weighted by atomic mass is 16.7. The van der Waals surface area contributed by atoms with E-state index in [2.05, 4.69) is 6.58 Å². The molecule has 0 saturated heterocycles. The predicted molar refractivity (Wildman–Crippen MR) is 34.6 cm³/mol. The Balaban J connectivity index is 2.51. The lowest BCUT2D eigenvalue weighted by atomic mass is 10.2. The number of rotatable bonds is 2. The van der Waals surface area contributed by atoms with Crippen molar-refractivity contribution < 1.29 is 9.47 Å². The molecule has 0 atom stereocenters. The predicted octanol–water partition coefficient (Wildman–Crippen LogP) is 1.80. The molecule has 50 valence electrons. The van der Waals surface area contributed by atoms with Crippen molar-refractivity contribution >= 4 is 0 Å². The molecule has 2 heteroatoms. The zero-order chi connectivity index (χ0) is 6.69. The average molecular weight is 126 g/mol. The van der Waals surface area contributed by atoms with Gasteiger partial charge >= 0.3 is 0 Å². The summed E-state index contributed by atoms with van der Waals surface area (Å²) in [5.74, 6) is 0.789. The number of hydrogen-bond acceptors (Lipinski definition) is 2. The Morgan fingerprint density at radius 2 is 2.67 bits per heavy atom. The maximum absolute atomic E-state index is 5.04. The van der Waals surface area contributed by atoms with E-state index in [9.17, 15) is 0 Å². The van der Waals surface area contributed by atoms with Gasteiger partial charge in [-0.2, -0.15) is 0 Å². The zero-order valence-electron chi connectivity index (χ0n) is 5.52. The minimum atomic E-state index is 0.342. The number of hydrogen-bond donors (Lipinski definition) is 0. The quantitative estimate of drug-likeness (QED) is 0.561. The molecule has 9 heavy (non-hydrogen) atoms. The first-order valence-corrected chi connectivity index (χ1v) is 2.97. The highest BCUT2D eigenvalue weighted by Gasteiger charge is 2.07.